The SMILES string of the molecule is O=C(O)c1cnoc1-c1cnc2cnccn12. The Balaban J connectivity index is 2.28. The fourth-order valence-corrected chi connectivity index (χ4v) is 1.59. The normalized spacial score (nSPS) is 10.8. The van der Waals surface area contributed by atoms with E-state index in [-0.39, 0.29) is 11.3 Å². The number of aromatic carboxylic acids is 1. The quantitative estimate of drug-likeness (QED) is 0.708. The van der Waals surface area contributed by atoms with Crippen molar-refractivity contribution in [1.29, 1.82) is 0 Å². The van der Waals surface area contributed by atoms with E-state index in [4.69, 9.17) is 9.63 Å². The van der Waals surface area contributed by atoms with E-state index in [0.717, 1.165) is 6.20 Å². The van der Waals surface area contributed by atoms with Gasteiger partial charge >= 0.3 is 5.97 Å². The van der Waals surface area contributed by atoms with Crippen LogP contribution in [0.3, 0.4) is 0 Å². The largest absolute Gasteiger partial charge is 0.477 e. The Morgan fingerprint density at radius 3 is 3.06 bits per heavy atom. The zero-order valence-corrected chi connectivity index (χ0v) is 8.44. The molecule has 7 heteroatoms. The predicted molar refractivity (Wildman–Crippen MR) is 55.4 cm³/mol. The maximum atomic E-state index is 11.0. The summed E-state index contributed by atoms with van der Waals surface area (Å²) in [5.41, 5.74) is 1.14. The average Bonchev–Trinajstić information content (AvgIpc) is 2.94. The van der Waals surface area contributed by atoms with Gasteiger partial charge < -0.3 is 9.63 Å². The molecule has 0 unspecified atom stereocenters. The first kappa shape index (κ1) is 9.52. The summed E-state index contributed by atoms with van der Waals surface area (Å²) in [5, 5.41) is 12.5. The van der Waals surface area contributed by atoms with E-state index in [1.165, 1.54) is 6.20 Å². The molecule has 0 spiro atoms. The molecule has 0 aliphatic heterocycles. The van der Waals surface area contributed by atoms with E-state index in [2.05, 4.69) is 15.1 Å². The highest BCUT2D eigenvalue weighted by molar-refractivity contribution is 5.93. The lowest BCUT2D eigenvalue weighted by molar-refractivity contribution is 0.0697. The van der Waals surface area contributed by atoms with Gasteiger partial charge in [0.1, 0.15) is 11.3 Å². The molecule has 0 fully saturated rings. The Morgan fingerprint density at radius 1 is 1.35 bits per heavy atom. The molecule has 0 radical (unpaired) electrons. The molecule has 3 heterocycles. The predicted octanol–water partition coefficient (Wildman–Crippen LogP) is 1.08. The number of carboxylic acids is 1. The standard InChI is InChI=1S/C10H6N4O3/c15-10(16)6-3-13-17-9(6)7-4-12-8-5-11-1-2-14(7)8/h1-5H,(H,15,16). The lowest BCUT2D eigenvalue weighted by atomic mass is 10.2. The monoisotopic (exact) mass is 230 g/mol. The maximum absolute atomic E-state index is 11.0. The third-order valence-corrected chi connectivity index (χ3v) is 2.35. The summed E-state index contributed by atoms with van der Waals surface area (Å²) >= 11 is 0. The molecule has 0 amide bonds. The molecule has 3 rings (SSSR count). The minimum absolute atomic E-state index is 0.00334. The van der Waals surface area contributed by atoms with Crippen molar-refractivity contribution in [2.24, 2.45) is 0 Å². The molecule has 3 aromatic rings. The second kappa shape index (κ2) is 3.41. The number of carbonyl (C=O) groups is 1. The van der Waals surface area contributed by atoms with Crippen LogP contribution in [0.1, 0.15) is 10.4 Å². The van der Waals surface area contributed by atoms with Crippen LogP contribution >= 0.6 is 0 Å². The maximum Gasteiger partial charge on any atom is 0.341 e. The van der Waals surface area contributed by atoms with E-state index in [1.54, 1.807) is 23.0 Å². The van der Waals surface area contributed by atoms with E-state index in [1.807, 2.05) is 0 Å². The van der Waals surface area contributed by atoms with E-state index in [0.29, 0.717) is 11.3 Å². The van der Waals surface area contributed by atoms with Crippen LogP contribution in [0.2, 0.25) is 0 Å². The summed E-state index contributed by atoms with van der Waals surface area (Å²) in [6, 6.07) is 0. The number of fused-ring (bicyclic) bond motifs is 1. The zero-order valence-electron chi connectivity index (χ0n) is 8.44. The minimum atomic E-state index is -1.09. The lowest BCUT2D eigenvalue weighted by Gasteiger charge is -1.97. The van der Waals surface area contributed by atoms with Crippen LogP contribution in [0, 0.1) is 0 Å². The van der Waals surface area contributed by atoms with Crippen LogP contribution in [0.25, 0.3) is 17.1 Å². The fraction of sp³-hybridized carbons (Fsp3) is 0. The molecule has 7 nitrogen and oxygen atoms in total. The first-order chi connectivity index (χ1) is 8.27. The van der Waals surface area contributed by atoms with Gasteiger partial charge in [-0.25, -0.2) is 9.78 Å². The Labute approximate surface area is 94.3 Å². The third kappa shape index (κ3) is 1.36. The third-order valence-electron chi connectivity index (χ3n) is 2.35. The van der Waals surface area contributed by atoms with Gasteiger partial charge in [-0.3, -0.25) is 9.38 Å². The van der Waals surface area contributed by atoms with Crippen molar-refractivity contribution >= 4 is 11.6 Å². The smallest absolute Gasteiger partial charge is 0.341 e. The first-order valence-corrected chi connectivity index (χ1v) is 4.73. The lowest BCUT2D eigenvalue weighted by Crippen LogP contribution is -1.97. The number of nitrogens with zero attached hydrogens (tertiary/aromatic N) is 4. The Morgan fingerprint density at radius 2 is 2.24 bits per heavy atom. The van der Waals surface area contributed by atoms with Gasteiger partial charge in [0.15, 0.2) is 11.4 Å². The van der Waals surface area contributed by atoms with Crippen LogP contribution in [-0.2, 0) is 0 Å². The minimum Gasteiger partial charge on any atom is -0.477 e. The van der Waals surface area contributed by atoms with Crippen molar-refractivity contribution in [2.45, 2.75) is 0 Å². The Kier molecular flexibility index (Phi) is 1.91. The molecular weight excluding hydrogens is 224 g/mol. The van der Waals surface area contributed by atoms with Crippen molar-refractivity contribution in [1.82, 2.24) is 19.5 Å². The van der Waals surface area contributed by atoms with Crippen LogP contribution < -0.4 is 0 Å². The van der Waals surface area contributed by atoms with Crippen molar-refractivity contribution in [3.8, 4) is 11.5 Å². The van der Waals surface area contributed by atoms with Gasteiger partial charge in [0.05, 0.1) is 18.6 Å². The van der Waals surface area contributed by atoms with E-state index >= 15 is 0 Å². The van der Waals surface area contributed by atoms with Gasteiger partial charge in [-0.05, 0) is 0 Å². The number of carboxylic acid groups (broad SMARTS) is 1. The van der Waals surface area contributed by atoms with Gasteiger partial charge in [-0.1, -0.05) is 5.16 Å². The summed E-state index contributed by atoms with van der Waals surface area (Å²) in [4.78, 5) is 19.0. The summed E-state index contributed by atoms with van der Waals surface area (Å²) in [5.74, 6) is -0.915. The second-order valence-corrected chi connectivity index (χ2v) is 3.32. The Bertz CT molecular complexity index is 700. The van der Waals surface area contributed by atoms with Crippen LogP contribution in [0.15, 0.2) is 35.5 Å². The zero-order chi connectivity index (χ0) is 11.8. The number of rotatable bonds is 2. The molecule has 1 N–H and O–H groups in total. The molecule has 17 heavy (non-hydrogen) atoms. The van der Waals surface area contributed by atoms with Crippen LogP contribution in [0.5, 0.6) is 0 Å². The highest BCUT2D eigenvalue weighted by atomic mass is 16.5. The van der Waals surface area contributed by atoms with E-state index in [9.17, 15) is 4.79 Å². The van der Waals surface area contributed by atoms with Gasteiger partial charge in [0.2, 0.25) is 0 Å². The number of aromatic nitrogens is 4. The van der Waals surface area contributed by atoms with Crippen LogP contribution in [-0.4, -0.2) is 30.6 Å². The topological polar surface area (TPSA) is 93.5 Å². The molecule has 0 aliphatic rings. The molecule has 0 bridgehead atoms. The van der Waals surface area contributed by atoms with Gasteiger partial charge in [0.25, 0.3) is 0 Å². The summed E-state index contributed by atoms with van der Waals surface area (Å²) in [7, 11) is 0. The summed E-state index contributed by atoms with van der Waals surface area (Å²) in [6.45, 7) is 0. The van der Waals surface area contributed by atoms with Crippen molar-refractivity contribution in [3.63, 3.8) is 0 Å². The number of imidazole rings is 1. The van der Waals surface area contributed by atoms with Crippen molar-refractivity contribution in [3.05, 3.63) is 36.5 Å². The molecule has 0 aromatic carbocycles. The highest BCUT2D eigenvalue weighted by Crippen LogP contribution is 2.24. The Hall–Kier alpha value is -2.70. The molecule has 3 aromatic heterocycles. The molecule has 0 saturated carbocycles. The van der Waals surface area contributed by atoms with Crippen LogP contribution in [0.4, 0.5) is 0 Å². The van der Waals surface area contributed by atoms with Gasteiger partial charge in [-0.15, -0.1) is 0 Å². The molecular formula is C10H6N4O3. The fourth-order valence-electron chi connectivity index (χ4n) is 1.59. The van der Waals surface area contributed by atoms with Crippen molar-refractivity contribution < 1.29 is 14.4 Å². The van der Waals surface area contributed by atoms with E-state index < -0.39 is 5.97 Å². The number of hydrogen-bond acceptors (Lipinski definition) is 5. The molecule has 0 aliphatic carbocycles. The number of hydrogen-bond donors (Lipinski definition) is 1. The average molecular weight is 230 g/mol. The molecule has 84 valence electrons. The first-order valence-electron chi connectivity index (χ1n) is 4.73. The van der Waals surface area contributed by atoms with Gasteiger partial charge in [-0.2, -0.15) is 0 Å². The summed E-state index contributed by atoms with van der Waals surface area (Å²) < 4.78 is 6.65. The second-order valence-electron chi connectivity index (χ2n) is 3.32. The molecule has 0 atom stereocenters. The molecule has 0 saturated heterocycles. The van der Waals surface area contributed by atoms with Gasteiger partial charge in [0, 0.05) is 12.4 Å². The van der Waals surface area contributed by atoms with Crippen molar-refractivity contribution in [2.75, 3.05) is 0 Å². The highest BCUT2D eigenvalue weighted by Gasteiger charge is 2.19. The summed E-state index contributed by atoms with van der Waals surface area (Å²) in [6.07, 6.45) is 7.50.